The third-order valence-electron chi connectivity index (χ3n) is 3.11. The first-order valence-corrected chi connectivity index (χ1v) is 6.61. The molecule has 1 aromatic carbocycles. The number of nitrogen functional groups attached to an aromatic ring is 1. The summed E-state index contributed by atoms with van der Waals surface area (Å²) in [5.41, 5.74) is 7.88. The van der Waals surface area contributed by atoms with Gasteiger partial charge in [-0.15, -0.1) is 0 Å². The molecule has 4 heteroatoms. The van der Waals surface area contributed by atoms with Crippen molar-refractivity contribution >= 4 is 5.84 Å². The number of hydrogen-bond donors (Lipinski definition) is 3. The summed E-state index contributed by atoms with van der Waals surface area (Å²) in [5.74, 6) is 0.0958. The van der Waals surface area contributed by atoms with Crippen LogP contribution in [0.3, 0.4) is 0 Å². The lowest BCUT2D eigenvalue weighted by molar-refractivity contribution is 0.0353. The van der Waals surface area contributed by atoms with Crippen LogP contribution in [0.5, 0.6) is 0 Å². The van der Waals surface area contributed by atoms with Gasteiger partial charge in [-0.1, -0.05) is 19.1 Å². The molecule has 0 amide bonds. The average Bonchev–Trinajstić information content (AvgIpc) is 2.28. The molecule has 0 atom stereocenters. The molecule has 106 valence electrons. The minimum atomic E-state index is -0.691. The number of nitrogens with one attached hydrogen (secondary N) is 1. The van der Waals surface area contributed by atoms with Crippen molar-refractivity contribution in [1.82, 2.24) is 4.90 Å². The molecule has 0 radical (unpaired) electrons. The quantitative estimate of drug-likeness (QED) is 0.542. The highest BCUT2D eigenvalue weighted by molar-refractivity contribution is 5.95. The van der Waals surface area contributed by atoms with Gasteiger partial charge < -0.3 is 10.8 Å². The second-order valence-corrected chi connectivity index (χ2v) is 5.67. The fourth-order valence-corrected chi connectivity index (χ4v) is 2.11. The Labute approximate surface area is 115 Å². The molecule has 4 nitrogen and oxygen atoms in total. The van der Waals surface area contributed by atoms with Gasteiger partial charge in [-0.25, -0.2) is 0 Å². The fraction of sp³-hybridized carbons (Fsp3) is 0.533. The number of nitrogens with zero attached hydrogens (tertiary/aromatic N) is 1. The second kappa shape index (κ2) is 6.17. The second-order valence-electron chi connectivity index (χ2n) is 5.67. The Morgan fingerprint density at radius 2 is 2.05 bits per heavy atom. The van der Waals surface area contributed by atoms with Crippen LogP contribution in [0.25, 0.3) is 0 Å². The minimum absolute atomic E-state index is 0.0958. The Hall–Kier alpha value is -1.39. The van der Waals surface area contributed by atoms with Gasteiger partial charge in [0, 0.05) is 18.7 Å². The molecule has 1 rings (SSSR count). The van der Waals surface area contributed by atoms with Crippen molar-refractivity contribution in [1.29, 1.82) is 5.41 Å². The fourth-order valence-electron chi connectivity index (χ4n) is 2.11. The van der Waals surface area contributed by atoms with Gasteiger partial charge in [0.25, 0.3) is 0 Å². The van der Waals surface area contributed by atoms with Crippen LogP contribution in [-0.4, -0.2) is 34.5 Å². The van der Waals surface area contributed by atoms with Crippen LogP contribution in [0, 0.1) is 12.3 Å². The average molecular weight is 263 g/mol. The molecular formula is C15H25N3O. The molecule has 19 heavy (non-hydrogen) atoms. The number of rotatable bonds is 6. The van der Waals surface area contributed by atoms with E-state index in [4.69, 9.17) is 11.1 Å². The lowest BCUT2D eigenvalue weighted by atomic mass is 10.0. The highest BCUT2D eigenvalue weighted by Gasteiger charge is 2.17. The Kier molecular flexibility index (Phi) is 5.09. The lowest BCUT2D eigenvalue weighted by Crippen LogP contribution is -2.38. The van der Waals surface area contributed by atoms with E-state index in [-0.39, 0.29) is 5.84 Å². The molecule has 0 fully saturated rings. The summed E-state index contributed by atoms with van der Waals surface area (Å²) in [5, 5.41) is 17.3. The van der Waals surface area contributed by atoms with Crippen LogP contribution >= 0.6 is 0 Å². The van der Waals surface area contributed by atoms with E-state index in [0.717, 1.165) is 24.2 Å². The van der Waals surface area contributed by atoms with E-state index < -0.39 is 5.60 Å². The van der Waals surface area contributed by atoms with E-state index in [1.807, 2.05) is 39.0 Å². The van der Waals surface area contributed by atoms with Crippen LogP contribution in [0.15, 0.2) is 18.2 Å². The maximum absolute atomic E-state index is 9.90. The summed E-state index contributed by atoms with van der Waals surface area (Å²) in [6, 6.07) is 5.83. The Morgan fingerprint density at radius 1 is 1.42 bits per heavy atom. The van der Waals surface area contributed by atoms with E-state index in [9.17, 15) is 5.11 Å². The normalized spacial score (nSPS) is 11.9. The summed E-state index contributed by atoms with van der Waals surface area (Å²) in [7, 11) is 0. The minimum Gasteiger partial charge on any atom is -0.389 e. The van der Waals surface area contributed by atoms with E-state index in [2.05, 4.69) is 11.8 Å². The van der Waals surface area contributed by atoms with Crippen LogP contribution in [-0.2, 0) is 6.54 Å². The van der Waals surface area contributed by atoms with Gasteiger partial charge >= 0.3 is 0 Å². The zero-order valence-electron chi connectivity index (χ0n) is 12.3. The SMILES string of the molecule is CCN(Cc1ccc(C(=N)N)cc1C)CC(C)(C)O. The van der Waals surface area contributed by atoms with E-state index >= 15 is 0 Å². The largest absolute Gasteiger partial charge is 0.389 e. The van der Waals surface area contributed by atoms with Crippen LogP contribution in [0.4, 0.5) is 0 Å². The molecular weight excluding hydrogens is 238 g/mol. The summed E-state index contributed by atoms with van der Waals surface area (Å²) in [6.07, 6.45) is 0. The molecule has 0 spiro atoms. The van der Waals surface area contributed by atoms with Gasteiger partial charge in [-0.3, -0.25) is 10.3 Å². The molecule has 0 saturated carbocycles. The zero-order chi connectivity index (χ0) is 14.6. The first-order chi connectivity index (χ1) is 8.73. The molecule has 0 saturated heterocycles. The van der Waals surface area contributed by atoms with Gasteiger partial charge in [0.05, 0.1) is 5.60 Å². The molecule has 0 aliphatic rings. The highest BCUT2D eigenvalue weighted by Crippen LogP contribution is 2.15. The van der Waals surface area contributed by atoms with Crippen molar-refractivity contribution in [3.63, 3.8) is 0 Å². The molecule has 4 N–H and O–H groups in total. The first kappa shape index (κ1) is 15.7. The van der Waals surface area contributed by atoms with E-state index in [1.54, 1.807) is 0 Å². The monoisotopic (exact) mass is 263 g/mol. The van der Waals surface area contributed by atoms with Crippen molar-refractivity contribution in [3.8, 4) is 0 Å². The summed E-state index contributed by atoms with van der Waals surface area (Å²) >= 11 is 0. The van der Waals surface area contributed by atoms with Crippen molar-refractivity contribution in [2.75, 3.05) is 13.1 Å². The zero-order valence-corrected chi connectivity index (χ0v) is 12.3. The Morgan fingerprint density at radius 3 is 2.47 bits per heavy atom. The van der Waals surface area contributed by atoms with E-state index in [1.165, 1.54) is 5.56 Å². The van der Waals surface area contributed by atoms with Gasteiger partial charge in [0.2, 0.25) is 0 Å². The van der Waals surface area contributed by atoms with Crippen molar-refractivity contribution in [2.24, 2.45) is 5.73 Å². The maximum Gasteiger partial charge on any atom is 0.122 e. The molecule has 0 aliphatic heterocycles. The number of benzene rings is 1. The van der Waals surface area contributed by atoms with Crippen LogP contribution in [0.2, 0.25) is 0 Å². The van der Waals surface area contributed by atoms with Crippen LogP contribution in [0.1, 0.15) is 37.5 Å². The topological polar surface area (TPSA) is 73.3 Å². The standard InChI is InChI=1S/C15H25N3O/c1-5-18(10-15(3,4)19)9-13-7-6-12(14(16)17)8-11(13)2/h6-8,19H,5,9-10H2,1-4H3,(H3,16,17). The molecule has 0 unspecified atom stereocenters. The third-order valence-corrected chi connectivity index (χ3v) is 3.11. The maximum atomic E-state index is 9.90. The van der Waals surface area contributed by atoms with Crippen molar-refractivity contribution in [2.45, 2.75) is 39.8 Å². The Bertz CT molecular complexity index is 449. The number of aryl methyl sites for hydroxylation is 1. The molecule has 0 bridgehead atoms. The van der Waals surface area contributed by atoms with Gasteiger partial charge in [0.15, 0.2) is 0 Å². The van der Waals surface area contributed by atoms with Crippen molar-refractivity contribution < 1.29 is 5.11 Å². The van der Waals surface area contributed by atoms with Crippen molar-refractivity contribution in [3.05, 3.63) is 34.9 Å². The number of amidine groups is 1. The number of hydrogen-bond acceptors (Lipinski definition) is 3. The molecule has 0 heterocycles. The van der Waals surface area contributed by atoms with E-state index in [0.29, 0.717) is 6.54 Å². The summed E-state index contributed by atoms with van der Waals surface area (Å²) < 4.78 is 0. The molecule has 0 aliphatic carbocycles. The summed E-state index contributed by atoms with van der Waals surface area (Å²) in [4.78, 5) is 2.20. The predicted molar refractivity (Wildman–Crippen MR) is 79.4 cm³/mol. The highest BCUT2D eigenvalue weighted by atomic mass is 16.3. The smallest absolute Gasteiger partial charge is 0.122 e. The number of likely N-dealkylation sites (N-methyl/N-ethyl adjacent to an activating group) is 1. The van der Waals surface area contributed by atoms with Gasteiger partial charge in [-0.05, 0) is 44.5 Å². The number of aliphatic hydroxyl groups is 1. The molecule has 1 aromatic rings. The van der Waals surface area contributed by atoms with Crippen LogP contribution < -0.4 is 5.73 Å². The molecule has 0 aromatic heterocycles. The predicted octanol–water partition coefficient (Wildman–Crippen LogP) is 1.87. The Balaban J connectivity index is 2.83. The first-order valence-electron chi connectivity index (χ1n) is 6.61. The van der Waals surface area contributed by atoms with Gasteiger partial charge in [-0.2, -0.15) is 0 Å². The van der Waals surface area contributed by atoms with Gasteiger partial charge in [0.1, 0.15) is 5.84 Å². The lowest BCUT2D eigenvalue weighted by Gasteiger charge is -2.28. The number of nitrogens with two attached hydrogens (primary N) is 1. The summed E-state index contributed by atoms with van der Waals surface area (Å²) in [6.45, 7) is 10.1. The third kappa shape index (κ3) is 5.01.